The molecule has 0 heterocycles. The summed E-state index contributed by atoms with van der Waals surface area (Å²) in [7, 11) is -3.83. The fourth-order valence-electron chi connectivity index (χ4n) is 2.21. The molecule has 7 heteroatoms. The predicted octanol–water partition coefficient (Wildman–Crippen LogP) is 4.11. The van der Waals surface area contributed by atoms with Crippen molar-refractivity contribution in [1.29, 1.82) is 0 Å². The Bertz CT molecular complexity index is 861. The van der Waals surface area contributed by atoms with Gasteiger partial charge in [-0.15, -0.1) is 11.8 Å². The third kappa shape index (κ3) is 4.81. The summed E-state index contributed by atoms with van der Waals surface area (Å²) in [4.78, 5) is 13.7. The summed E-state index contributed by atoms with van der Waals surface area (Å²) >= 11 is 7.41. The van der Waals surface area contributed by atoms with Gasteiger partial charge in [0.25, 0.3) is 0 Å². The van der Waals surface area contributed by atoms with E-state index in [4.69, 9.17) is 11.6 Å². The molecular formula is C19H22ClNO3S2. The average Bonchev–Trinajstić information content (AvgIpc) is 2.60. The van der Waals surface area contributed by atoms with E-state index < -0.39 is 20.5 Å². The van der Waals surface area contributed by atoms with Gasteiger partial charge in [-0.3, -0.25) is 4.79 Å². The van der Waals surface area contributed by atoms with Crippen molar-refractivity contribution in [3.63, 3.8) is 0 Å². The summed E-state index contributed by atoms with van der Waals surface area (Å²) in [5, 5.41) is 3.17. The lowest BCUT2D eigenvalue weighted by atomic mass is 10.2. The summed E-state index contributed by atoms with van der Waals surface area (Å²) in [6.45, 7) is 5.24. The largest absolute Gasteiger partial charge is 0.354 e. The van der Waals surface area contributed by atoms with Gasteiger partial charge in [0.05, 0.1) is 4.90 Å². The molecule has 0 bridgehead atoms. The van der Waals surface area contributed by atoms with Gasteiger partial charge < -0.3 is 5.32 Å². The molecule has 1 N–H and O–H groups in total. The fraction of sp³-hybridized carbons (Fsp3) is 0.316. The minimum atomic E-state index is -3.83. The van der Waals surface area contributed by atoms with Crippen LogP contribution in [0.15, 0.2) is 58.3 Å². The molecule has 0 fully saturated rings. The highest BCUT2D eigenvalue weighted by Crippen LogP contribution is 2.27. The highest BCUT2D eigenvalue weighted by atomic mass is 35.5. The first-order valence-corrected chi connectivity index (χ1v) is 11.0. The number of aryl methyl sites for hydroxylation is 1. The molecule has 0 aromatic heterocycles. The van der Waals surface area contributed by atoms with Crippen LogP contribution in [0.3, 0.4) is 0 Å². The second-order valence-electron chi connectivity index (χ2n) is 6.39. The number of thioether (sulfide) groups is 1. The zero-order valence-electron chi connectivity index (χ0n) is 15.0. The number of rotatable bonds is 7. The average molecular weight is 412 g/mol. The zero-order chi connectivity index (χ0) is 19.4. The fourth-order valence-corrected chi connectivity index (χ4v) is 4.51. The summed E-state index contributed by atoms with van der Waals surface area (Å²) in [6.07, 6.45) is 0. The number of hydrogen-bond acceptors (Lipinski definition) is 4. The summed E-state index contributed by atoms with van der Waals surface area (Å²) in [5.74, 6) is 0.142. The SMILES string of the molecule is Cc1ccc(SCCNC(=O)C(C)(C)S(=O)(=O)c2ccc(Cl)cc2)cc1. The van der Waals surface area contributed by atoms with Crippen LogP contribution in [-0.4, -0.2) is 31.4 Å². The van der Waals surface area contributed by atoms with Crippen molar-refractivity contribution < 1.29 is 13.2 Å². The quantitative estimate of drug-likeness (QED) is 0.550. The van der Waals surface area contributed by atoms with E-state index in [0.29, 0.717) is 17.3 Å². The summed E-state index contributed by atoms with van der Waals surface area (Å²) in [5.41, 5.74) is 1.19. The van der Waals surface area contributed by atoms with Gasteiger partial charge in [-0.2, -0.15) is 0 Å². The van der Waals surface area contributed by atoms with Crippen molar-refractivity contribution in [3.05, 3.63) is 59.1 Å². The van der Waals surface area contributed by atoms with Gasteiger partial charge in [0.1, 0.15) is 4.75 Å². The molecule has 4 nitrogen and oxygen atoms in total. The van der Waals surface area contributed by atoms with Gasteiger partial charge in [-0.25, -0.2) is 8.42 Å². The Morgan fingerprint density at radius 1 is 1.08 bits per heavy atom. The van der Waals surface area contributed by atoms with Crippen LogP contribution >= 0.6 is 23.4 Å². The number of carbonyl (C=O) groups is 1. The highest BCUT2D eigenvalue weighted by Gasteiger charge is 2.42. The lowest BCUT2D eigenvalue weighted by Crippen LogP contribution is -2.48. The van der Waals surface area contributed by atoms with Crippen molar-refractivity contribution in [2.45, 2.75) is 35.3 Å². The number of hydrogen-bond donors (Lipinski definition) is 1. The molecule has 0 aliphatic heterocycles. The van der Waals surface area contributed by atoms with Crippen molar-refractivity contribution in [1.82, 2.24) is 5.32 Å². The number of benzene rings is 2. The zero-order valence-corrected chi connectivity index (χ0v) is 17.3. The number of nitrogens with one attached hydrogen (secondary N) is 1. The predicted molar refractivity (Wildman–Crippen MR) is 108 cm³/mol. The molecule has 0 spiro atoms. The Labute approximate surface area is 164 Å². The molecule has 140 valence electrons. The normalized spacial score (nSPS) is 12.0. The number of sulfone groups is 1. The van der Waals surface area contributed by atoms with Gasteiger partial charge in [-0.05, 0) is 57.2 Å². The Hall–Kier alpha value is -1.50. The molecule has 1 amide bonds. The van der Waals surface area contributed by atoms with E-state index in [1.54, 1.807) is 11.8 Å². The topological polar surface area (TPSA) is 63.2 Å². The standard InChI is InChI=1S/C19H22ClNO3S2/c1-14-4-8-16(9-5-14)25-13-12-21-18(22)19(2,3)26(23,24)17-10-6-15(20)7-11-17/h4-11H,12-13H2,1-3H3,(H,21,22). The number of carbonyl (C=O) groups excluding carboxylic acids is 1. The van der Waals surface area contributed by atoms with Gasteiger partial charge in [0.15, 0.2) is 9.84 Å². The van der Waals surface area contributed by atoms with Crippen molar-refractivity contribution in [3.8, 4) is 0 Å². The van der Waals surface area contributed by atoms with Gasteiger partial charge >= 0.3 is 0 Å². The Morgan fingerprint density at radius 2 is 1.65 bits per heavy atom. The van der Waals surface area contributed by atoms with E-state index in [0.717, 1.165) is 4.90 Å². The molecular weight excluding hydrogens is 390 g/mol. The third-order valence-electron chi connectivity index (χ3n) is 4.02. The van der Waals surface area contributed by atoms with Gasteiger partial charge in [-0.1, -0.05) is 29.3 Å². The minimum absolute atomic E-state index is 0.0797. The molecule has 0 saturated heterocycles. The maximum absolute atomic E-state index is 12.8. The van der Waals surface area contributed by atoms with E-state index >= 15 is 0 Å². The minimum Gasteiger partial charge on any atom is -0.354 e. The van der Waals surface area contributed by atoms with Crippen LogP contribution in [-0.2, 0) is 14.6 Å². The van der Waals surface area contributed by atoms with Crippen LogP contribution in [0.1, 0.15) is 19.4 Å². The van der Waals surface area contributed by atoms with Gasteiger partial charge in [0, 0.05) is 22.2 Å². The maximum atomic E-state index is 12.8. The molecule has 2 rings (SSSR count). The Kier molecular flexibility index (Phi) is 6.77. The molecule has 0 aliphatic carbocycles. The van der Waals surface area contributed by atoms with Crippen molar-refractivity contribution in [2.24, 2.45) is 0 Å². The van der Waals surface area contributed by atoms with Gasteiger partial charge in [0.2, 0.25) is 5.91 Å². The molecule has 0 radical (unpaired) electrons. The summed E-state index contributed by atoms with van der Waals surface area (Å²) < 4.78 is 24.0. The number of halogens is 1. The highest BCUT2D eigenvalue weighted by molar-refractivity contribution is 7.99. The van der Waals surface area contributed by atoms with E-state index in [1.807, 2.05) is 31.2 Å². The second kappa shape index (κ2) is 8.46. The second-order valence-corrected chi connectivity index (χ2v) is 10.5. The van der Waals surface area contributed by atoms with Crippen molar-refractivity contribution >= 4 is 39.1 Å². The Morgan fingerprint density at radius 3 is 2.23 bits per heavy atom. The van der Waals surface area contributed by atoms with E-state index in [1.165, 1.54) is 43.7 Å². The molecule has 0 saturated carbocycles. The molecule has 0 atom stereocenters. The number of amides is 1. The van der Waals surface area contributed by atoms with Crippen LogP contribution < -0.4 is 5.32 Å². The van der Waals surface area contributed by atoms with E-state index in [-0.39, 0.29) is 4.90 Å². The maximum Gasteiger partial charge on any atom is 0.241 e. The monoisotopic (exact) mass is 411 g/mol. The molecule has 26 heavy (non-hydrogen) atoms. The Balaban J connectivity index is 1.96. The van der Waals surface area contributed by atoms with Crippen LogP contribution in [0.25, 0.3) is 0 Å². The van der Waals surface area contributed by atoms with Crippen LogP contribution in [0.2, 0.25) is 5.02 Å². The lowest BCUT2D eigenvalue weighted by molar-refractivity contribution is -0.122. The van der Waals surface area contributed by atoms with Crippen molar-refractivity contribution in [2.75, 3.05) is 12.3 Å². The summed E-state index contributed by atoms with van der Waals surface area (Å²) in [6, 6.07) is 13.9. The first kappa shape index (κ1) is 20.8. The van der Waals surface area contributed by atoms with Crippen LogP contribution in [0.4, 0.5) is 0 Å². The lowest BCUT2D eigenvalue weighted by Gasteiger charge is -2.24. The molecule has 2 aromatic rings. The van der Waals surface area contributed by atoms with E-state index in [9.17, 15) is 13.2 Å². The third-order valence-corrected chi connectivity index (χ3v) is 7.71. The van der Waals surface area contributed by atoms with Crippen LogP contribution in [0.5, 0.6) is 0 Å². The first-order valence-electron chi connectivity index (χ1n) is 8.12. The molecule has 0 unspecified atom stereocenters. The molecule has 2 aromatic carbocycles. The smallest absolute Gasteiger partial charge is 0.241 e. The van der Waals surface area contributed by atoms with E-state index in [2.05, 4.69) is 5.32 Å². The first-order chi connectivity index (χ1) is 12.1. The molecule has 0 aliphatic rings. The van der Waals surface area contributed by atoms with Crippen LogP contribution in [0, 0.1) is 6.92 Å².